The summed E-state index contributed by atoms with van der Waals surface area (Å²) in [6.07, 6.45) is 3.43. The Balaban J connectivity index is 2.46. The molecule has 1 aromatic heterocycles. The van der Waals surface area contributed by atoms with Crippen LogP contribution in [0.4, 0.5) is 0 Å². The minimum Gasteiger partial charge on any atom is -0.508 e. The van der Waals surface area contributed by atoms with Crippen molar-refractivity contribution in [3.63, 3.8) is 0 Å². The van der Waals surface area contributed by atoms with Gasteiger partial charge in [-0.2, -0.15) is 0 Å². The van der Waals surface area contributed by atoms with Crippen LogP contribution in [0.2, 0.25) is 0 Å². The molecular formula is C12H14N2O2. The molecule has 2 rings (SSSR count). The van der Waals surface area contributed by atoms with Crippen LogP contribution in [0.3, 0.4) is 0 Å². The summed E-state index contributed by atoms with van der Waals surface area (Å²) in [7, 11) is 1.83. The van der Waals surface area contributed by atoms with Crippen LogP contribution in [0.15, 0.2) is 36.7 Å². The minimum absolute atomic E-state index is 0.180. The number of aryl methyl sites for hydroxylation is 1. The van der Waals surface area contributed by atoms with E-state index >= 15 is 0 Å². The molecule has 4 nitrogen and oxygen atoms in total. The summed E-state index contributed by atoms with van der Waals surface area (Å²) >= 11 is 0. The molecule has 0 saturated carbocycles. The average Bonchev–Trinajstić information content (AvgIpc) is 2.66. The lowest BCUT2D eigenvalue weighted by Gasteiger charge is -2.23. The minimum atomic E-state index is -1.16. The lowest BCUT2D eigenvalue weighted by molar-refractivity contribution is 0.0891. The lowest BCUT2D eigenvalue weighted by atomic mass is 9.95. The van der Waals surface area contributed by atoms with Crippen LogP contribution in [-0.4, -0.2) is 19.8 Å². The van der Waals surface area contributed by atoms with Crippen molar-refractivity contribution >= 4 is 0 Å². The molecule has 0 saturated heterocycles. The molecule has 0 fully saturated rings. The van der Waals surface area contributed by atoms with Crippen LogP contribution in [0.5, 0.6) is 5.75 Å². The molecule has 0 bridgehead atoms. The first-order valence-electron chi connectivity index (χ1n) is 5.01. The number of aromatic nitrogens is 2. The van der Waals surface area contributed by atoms with E-state index in [4.69, 9.17) is 0 Å². The molecule has 16 heavy (non-hydrogen) atoms. The number of benzene rings is 1. The fraction of sp³-hybridized carbons (Fsp3) is 0.250. The molecule has 4 heteroatoms. The summed E-state index contributed by atoms with van der Waals surface area (Å²) in [4.78, 5) is 4.14. The van der Waals surface area contributed by atoms with Crippen LogP contribution in [0, 0.1) is 0 Å². The van der Waals surface area contributed by atoms with Crippen LogP contribution in [0.25, 0.3) is 0 Å². The smallest absolute Gasteiger partial charge is 0.144 e. The van der Waals surface area contributed by atoms with Gasteiger partial charge in [-0.1, -0.05) is 12.1 Å². The zero-order chi connectivity index (χ0) is 11.8. The molecule has 0 radical (unpaired) electrons. The summed E-state index contributed by atoms with van der Waals surface area (Å²) in [5.74, 6) is 0.748. The number of rotatable bonds is 2. The van der Waals surface area contributed by atoms with E-state index in [1.807, 2.05) is 7.05 Å². The molecule has 0 amide bonds. The van der Waals surface area contributed by atoms with Crippen molar-refractivity contribution in [1.82, 2.24) is 9.55 Å². The topological polar surface area (TPSA) is 58.3 Å². The summed E-state index contributed by atoms with van der Waals surface area (Å²) in [5, 5.41) is 19.7. The van der Waals surface area contributed by atoms with Crippen molar-refractivity contribution in [2.75, 3.05) is 0 Å². The largest absolute Gasteiger partial charge is 0.508 e. The molecule has 1 heterocycles. The molecule has 0 aliphatic heterocycles. The van der Waals surface area contributed by atoms with Gasteiger partial charge in [0.1, 0.15) is 17.2 Å². The number of imidazole rings is 1. The summed E-state index contributed by atoms with van der Waals surface area (Å²) in [6, 6.07) is 6.47. The fourth-order valence-electron chi connectivity index (χ4n) is 1.75. The van der Waals surface area contributed by atoms with E-state index in [2.05, 4.69) is 4.98 Å². The van der Waals surface area contributed by atoms with Crippen LogP contribution >= 0.6 is 0 Å². The Morgan fingerprint density at radius 3 is 2.38 bits per heavy atom. The Labute approximate surface area is 93.8 Å². The van der Waals surface area contributed by atoms with Gasteiger partial charge in [-0.3, -0.25) is 0 Å². The van der Waals surface area contributed by atoms with Gasteiger partial charge in [-0.05, 0) is 24.6 Å². The van der Waals surface area contributed by atoms with E-state index in [9.17, 15) is 10.2 Å². The van der Waals surface area contributed by atoms with Gasteiger partial charge >= 0.3 is 0 Å². The molecule has 1 aromatic carbocycles. The molecular weight excluding hydrogens is 204 g/mol. The van der Waals surface area contributed by atoms with Crippen molar-refractivity contribution in [2.24, 2.45) is 7.05 Å². The maximum Gasteiger partial charge on any atom is 0.144 e. The maximum absolute atomic E-state index is 10.5. The van der Waals surface area contributed by atoms with Crippen LogP contribution < -0.4 is 0 Å². The first-order chi connectivity index (χ1) is 7.51. The lowest BCUT2D eigenvalue weighted by Crippen LogP contribution is -2.26. The third kappa shape index (κ3) is 1.67. The number of nitrogens with zero attached hydrogens (tertiary/aromatic N) is 2. The number of hydrogen-bond donors (Lipinski definition) is 2. The molecule has 0 aliphatic rings. The van der Waals surface area contributed by atoms with Gasteiger partial charge in [0.2, 0.25) is 0 Å². The fourth-order valence-corrected chi connectivity index (χ4v) is 1.75. The number of phenolic OH excluding ortho intramolecular Hbond substituents is 1. The predicted molar refractivity (Wildman–Crippen MR) is 60.0 cm³/mol. The Kier molecular flexibility index (Phi) is 2.44. The monoisotopic (exact) mass is 218 g/mol. The molecule has 1 unspecified atom stereocenters. The highest BCUT2D eigenvalue weighted by Crippen LogP contribution is 2.28. The van der Waals surface area contributed by atoms with Crippen molar-refractivity contribution in [3.8, 4) is 5.75 Å². The van der Waals surface area contributed by atoms with Gasteiger partial charge < -0.3 is 14.8 Å². The van der Waals surface area contributed by atoms with Gasteiger partial charge in [0.05, 0.1) is 0 Å². The molecule has 2 aromatic rings. The molecule has 0 aliphatic carbocycles. The first kappa shape index (κ1) is 10.7. The zero-order valence-electron chi connectivity index (χ0n) is 9.25. The standard InChI is InChI=1S/C12H14N2O2/c1-12(16,11-13-7-8-14(11)2)9-3-5-10(15)6-4-9/h3-8,15-16H,1-2H3. The Bertz CT molecular complexity index is 486. The second kappa shape index (κ2) is 3.64. The summed E-state index contributed by atoms with van der Waals surface area (Å²) in [6.45, 7) is 1.68. The Morgan fingerprint density at radius 1 is 1.25 bits per heavy atom. The van der Waals surface area contributed by atoms with Crippen molar-refractivity contribution < 1.29 is 10.2 Å². The second-order valence-electron chi connectivity index (χ2n) is 3.98. The molecule has 0 spiro atoms. The first-order valence-corrected chi connectivity index (χ1v) is 5.01. The van der Waals surface area contributed by atoms with Gasteiger partial charge in [-0.15, -0.1) is 0 Å². The Morgan fingerprint density at radius 2 is 1.88 bits per heavy atom. The highest BCUT2D eigenvalue weighted by atomic mass is 16.3. The Hall–Kier alpha value is -1.81. The van der Waals surface area contributed by atoms with Crippen LogP contribution in [0.1, 0.15) is 18.3 Å². The SMILES string of the molecule is Cn1ccnc1C(C)(O)c1ccc(O)cc1. The highest BCUT2D eigenvalue weighted by molar-refractivity contribution is 5.33. The third-order valence-electron chi connectivity index (χ3n) is 2.69. The van der Waals surface area contributed by atoms with Gasteiger partial charge in [-0.25, -0.2) is 4.98 Å². The van der Waals surface area contributed by atoms with Crippen LogP contribution in [-0.2, 0) is 12.6 Å². The predicted octanol–water partition coefficient (Wildman–Crippen LogP) is 1.38. The normalized spacial score (nSPS) is 14.7. The van der Waals surface area contributed by atoms with Crippen molar-refractivity contribution in [3.05, 3.63) is 48.0 Å². The highest BCUT2D eigenvalue weighted by Gasteiger charge is 2.29. The van der Waals surface area contributed by atoms with Gasteiger partial charge in [0, 0.05) is 19.4 Å². The van der Waals surface area contributed by atoms with Crippen molar-refractivity contribution in [1.29, 1.82) is 0 Å². The average molecular weight is 218 g/mol. The zero-order valence-corrected chi connectivity index (χ0v) is 9.25. The molecule has 1 atom stereocenters. The van der Waals surface area contributed by atoms with E-state index in [0.29, 0.717) is 11.4 Å². The number of aromatic hydroxyl groups is 1. The number of hydrogen-bond acceptors (Lipinski definition) is 3. The molecule has 84 valence electrons. The summed E-state index contributed by atoms with van der Waals surface area (Å²) < 4.78 is 1.77. The van der Waals surface area contributed by atoms with Crippen molar-refractivity contribution in [2.45, 2.75) is 12.5 Å². The number of aliphatic hydroxyl groups is 1. The van der Waals surface area contributed by atoms with E-state index in [0.717, 1.165) is 0 Å². The molecule has 2 N–H and O–H groups in total. The quantitative estimate of drug-likeness (QED) is 0.800. The second-order valence-corrected chi connectivity index (χ2v) is 3.98. The van der Waals surface area contributed by atoms with E-state index in [1.54, 1.807) is 48.1 Å². The van der Waals surface area contributed by atoms with E-state index < -0.39 is 5.60 Å². The maximum atomic E-state index is 10.5. The van der Waals surface area contributed by atoms with Gasteiger partial charge in [0.25, 0.3) is 0 Å². The van der Waals surface area contributed by atoms with Gasteiger partial charge in [0.15, 0.2) is 0 Å². The van der Waals surface area contributed by atoms with E-state index in [-0.39, 0.29) is 5.75 Å². The number of phenols is 1. The van der Waals surface area contributed by atoms with E-state index in [1.165, 1.54) is 0 Å². The summed E-state index contributed by atoms with van der Waals surface area (Å²) in [5.41, 5.74) is -0.467. The third-order valence-corrected chi connectivity index (χ3v) is 2.69.